The molecule has 2 fully saturated rings. The number of fused-ring (bicyclic) bond motifs is 1. The number of nitrogens with one attached hydrogen (secondary N) is 1. The highest BCUT2D eigenvalue weighted by Gasteiger charge is 2.47. The molecule has 13 heteroatoms. The molecular weight excluding hydrogens is 549 g/mol. The highest BCUT2D eigenvalue weighted by atomic mass is 19.4. The van der Waals surface area contributed by atoms with Crippen molar-refractivity contribution in [2.45, 2.75) is 63.4 Å². The summed E-state index contributed by atoms with van der Waals surface area (Å²) in [4.78, 5) is 17.9. The molecule has 0 aromatic carbocycles. The number of ether oxygens (including phenoxy) is 1. The number of nitrogens with zero attached hydrogens (tertiary/aromatic N) is 7. The summed E-state index contributed by atoms with van der Waals surface area (Å²) in [6.45, 7) is 1.89. The lowest BCUT2D eigenvalue weighted by Crippen LogP contribution is -2.55. The van der Waals surface area contributed by atoms with Crippen LogP contribution < -0.4 is 4.74 Å². The van der Waals surface area contributed by atoms with E-state index in [9.17, 15) is 23.5 Å². The van der Waals surface area contributed by atoms with Crippen molar-refractivity contribution in [1.29, 1.82) is 5.26 Å². The Morgan fingerprint density at radius 1 is 1.19 bits per heavy atom. The number of hydrogen-bond donors (Lipinski definition) is 2. The van der Waals surface area contributed by atoms with Crippen LogP contribution in [0.1, 0.15) is 43.4 Å². The van der Waals surface area contributed by atoms with Gasteiger partial charge in [-0.05, 0) is 49.8 Å². The van der Waals surface area contributed by atoms with Crippen molar-refractivity contribution in [3.8, 4) is 23.2 Å². The number of rotatable bonds is 9. The number of aromatic nitrogens is 6. The highest BCUT2D eigenvalue weighted by Crippen LogP contribution is 2.48. The van der Waals surface area contributed by atoms with Crippen LogP contribution in [0.4, 0.5) is 13.2 Å². The lowest BCUT2D eigenvalue weighted by molar-refractivity contribution is -0.141. The van der Waals surface area contributed by atoms with Gasteiger partial charge in [-0.1, -0.05) is 0 Å². The average Bonchev–Trinajstić information content (AvgIpc) is 3.61. The normalized spacial score (nSPS) is 21.7. The standard InChI is InChI=1S/C29H31F3N8O2/c30-29(31,32)24-11-19(4-10-41)12-25(38-24)42-22-2-8-39(9-3-22)21-13-28(14-21,5-6-33)17-40-16-20(15-37-40)26-23-1-7-34-27(23)36-18-35-26/h1,7,11-12,15-16,18,21-22,41H,2-5,8-10,13-14,17H2,(H,34,35,36). The number of aromatic amines is 1. The first-order valence-corrected chi connectivity index (χ1v) is 14.0. The Morgan fingerprint density at radius 3 is 2.74 bits per heavy atom. The summed E-state index contributed by atoms with van der Waals surface area (Å²) in [5.74, 6) is -0.0544. The van der Waals surface area contributed by atoms with Gasteiger partial charge in [0.1, 0.15) is 23.8 Å². The van der Waals surface area contributed by atoms with E-state index in [4.69, 9.17) is 4.74 Å². The number of likely N-dealkylation sites (tertiary alicyclic amines) is 1. The van der Waals surface area contributed by atoms with Crippen LogP contribution in [0.5, 0.6) is 5.88 Å². The van der Waals surface area contributed by atoms with Crippen LogP contribution in [-0.4, -0.2) is 71.6 Å². The zero-order chi connectivity index (χ0) is 29.3. The van der Waals surface area contributed by atoms with Crippen molar-refractivity contribution in [2.24, 2.45) is 5.41 Å². The fourth-order valence-corrected chi connectivity index (χ4v) is 6.28. The molecule has 220 valence electrons. The number of H-pyrrole nitrogens is 1. The summed E-state index contributed by atoms with van der Waals surface area (Å²) in [7, 11) is 0. The quantitative estimate of drug-likeness (QED) is 0.299. The van der Waals surface area contributed by atoms with E-state index < -0.39 is 11.9 Å². The Kier molecular flexibility index (Phi) is 7.59. The molecule has 42 heavy (non-hydrogen) atoms. The third kappa shape index (κ3) is 5.82. The average molecular weight is 581 g/mol. The Balaban J connectivity index is 1.05. The maximum Gasteiger partial charge on any atom is 0.433 e. The van der Waals surface area contributed by atoms with Gasteiger partial charge in [-0.3, -0.25) is 4.68 Å². The molecule has 0 atom stereocenters. The monoisotopic (exact) mass is 580 g/mol. The summed E-state index contributed by atoms with van der Waals surface area (Å²) < 4.78 is 47.7. The zero-order valence-electron chi connectivity index (χ0n) is 22.9. The maximum atomic E-state index is 13.3. The fourth-order valence-electron chi connectivity index (χ4n) is 6.28. The molecule has 1 saturated carbocycles. The van der Waals surface area contributed by atoms with E-state index in [1.165, 1.54) is 12.4 Å². The molecule has 0 radical (unpaired) electrons. The highest BCUT2D eigenvalue weighted by molar-refractivity contribution is 5.89. The van der Waals surface area contributed by atoms with E-state index in [1.807, 2.05) is 23.1 Å². The minimum absolute atomic E-state index is 0.0544. The van der Waals surface area contributed by atoms with Crippen LogP contribution in [0, 0.1) is 16.7 Å². The predicted octanol–water partition coefficient (Wildman–Crippen LogP) is 4.38. The SMILES string of the molecule is N#CCC1(Cn2cc(-c3ncnc4[nH]ccc34)cn2)CC(N2CCC(Oc3cc(CCO)cc(C(F)(F)F)n3)CC2)C1. The van der Waals surface area contributed by atoms with Crippen LogP contribution >= 0.6 is 0 Å². The first-order valence-electron chi connectivity index (χ1n) is 14.0. The smallest absolute Gasteiger partial charge is 0.433 e. The fraction of sp³-hybridized carbons (Fsp3) is 0.483. The summed E-state index contributed by atoms with van der Waals surface area (Å²) >= 11 is 0. The molecular formula is C29H31F3N8O2. The molecule has 1 saturated heterocycles. The maximum absolute atomic E-state index is 13.3. The third-order valence-corrected chi connectivity index (χ3v) is 8.38. The molecule has 1 aliphatic carbocycles. The molecule has 0 spiro atoms. The van der Waals surface area contributed by atoms with Crippen molar-refractivity contribution in [1.82, 2.24) is 34.6 Å². The number of nitriles is 1. The van der Waals surface area contributed by atoms with Gasteiger partial charge >= 0.3 is 6.18 Å². The van der Waals surface area contributed by atoms with Crippen molar-refractivity contribution in [3.63, 3.8) is 0 Å². The summed E-state index contributed by atoms with van der Waals surface area (Å²) in [5.41, 5.74) is 1.63. The second-order valence-corrected chi connectivity index (χ2v) is 11.3. The Morgan fingerprint density at radius 2 is 2.00 bits per heavy atom. The predicted molar refractivity (Wildman–Crippen MR) is 146 cm³/mol. The lowest BCUT2D eigenvalue weighted by atomic mass is 9.63. The molecule has 4 aromatic heterocycles. The van der Waals surface area contributed by atoms with E-state index in [0.29, 0.717) is 37.4 Å². The summed E-state index contributed by atoms with van der Waals surface area (Å²) in [6, 6.07) is 7.07. The van der Waals surface area contributed by atoms with Gasteiger partial charge < -0.3 is 19.7 Å². The van der Waals surface area contributed by atoms with Gasteiger partial charge in [0.15, 0.2) is 0 Å². The van der Waals surface area contributed by atoms with E-state index in [-0.39, 0.29) is 30.4 Å². The topological polar surface area (TPSA) is 129 Å². The Hall–Kier alpha value is -4.02. The number of piperidine rings is 1. The Bertz CT molecular complexity index is 1580. The van der Waals surface area contributed by atoms with Crippen molar-refractivity contribution in [2.75, 3.05) is 19.7 Å². The second-order valence-electron chi connectivity index (χ2n) is 11.3. The lowest BCUT2D eigenvalue weighted by Gasteiger charge is -2.52. The third-order valence-electron chi connectivity index (χ3n) is 8.38. The molecule has 2 aliphatic rings. The molecule has 0 amide bonds. The van der Waals surface area contributed by atoms with Crippen LogP contribution in [0.3, 0.4) is 0 Å². The van der Waals surface area contributed by atoms with Gasteiger partial charge in [-0.15, -0.1) is 0 Å². The van der Waals surface area contributed by atoms with E-state index >= 15 is 0 Å². The van der Waals surface area contributed by atoms with Gasteiger partial charge in [0.25, 0.3) is 0 Å². The van der Waals surface area contributed by atoms with Crippen molar-refractivity contribution in [3.05, 3.63) is 54.4 Å². The van der Waals surface area contributed by atoms with Crippen molar-refractivity contribution < 1.29 is 23.0 Å². The Labute approximate surface area is 240 Å². The first kappa shape index (κ1) is 28.1. The number of aliphatic hydroxyl groups excluding tert-OH is 1. The van der Waals surface area contributed by atoms with E-state index in [0.717, 1.165) is 54.3 Å². The molecule has 0 bridgehead atoms. The number of pyridine rings is 1. The number of halogens is 3. The number of hydrogen-bond acceptors (Lipinski definition) is 8. The first-order chi connectivity index (χ1) is 20.2. The van der Waals surface area contributed by atoms with Crippen LogP contribution in [0.15, 0.2) is 43.1 Å². The molecule has 5 heterocycles. The summed E-state index contributed by atoms with van der Waals surface area (Å²) in [6.07, 6.45) is 5.92. The minimum atomic E-state index is -4.59. The molecule has 2 N–H and O–H groups in total. The molecule has 6 rings (SSSR count). The van der Waals surface area contributed by atoms with Gasteiger partial charge in [0.2, 0.25) is 5.88 Å². The minimum Gasteiger partial charge on any atom is -0.474 e. The molecule has 1 aliphatic heterocycles. The van der Waals surface area contributed by atoms with E-state index in [2.05, 4.69) is 36.0 Å². The second kappa shape index (κ2) is 11.3. The van der Waals surface area contributed by atoms with Crippen molar-refractivity contribution >= 4 is 11.0 Å². The number of aliphatic hydroxyl groups is 1. The van der Waals surface area contributed by atoms with Gasteiger partial charge in [0.05, 0.1) is 18.0 Å². The van der Waals surface area contributed by atoms with E-state index in [1.54, 1.807) is 6.20 Å². The van der Waals surface area contributed by atoms with Gasteiger partial charge in [0, 0.05) is 73.5 Å². The van der Waals surface area contributed by atoms with Gasteiger partial charge in [-0.25, -0.2) is 15.0 Å². The largest absolute Gasteiger partial charge is 0.474 e. The summed E-state index contributed by atoms with van der Waals surface area (Å²) in [5, 5.41) is 24.3. The zero-order valence-corrected chi connectivity index (χ0v) is 22.9. The van der Waals surface area contributed by atoms with Crippen LogP contribution in [0.25, 0.3) is 22.3 Å². The van der Waals surface area contributed by atoms with Crippen LogP contribution in [0.2, 0.25) is 0 Å². The molecule has 0 unspecified atom stereocenters. The molecule has 10 nitrogen and oxygen atoms in total. The van der Waals surface area contributed by atoms with Gasteiger partial charge in [-0.2, -0.15) is 23.5 Å². The molecule has 4 aromatic rings. The van der Waals surface area contributed by atoms with Crippen LogP contribution in [-0.2, 0) is 19.1 Å². The number of alkyl halides is 3.